The van der Waals surface area contributed by atoms with Gasteiger partial charge in [-0.1, -0.05) is 40.2 Å². The molecule has 0 radical (unpaired) electrons. The SMILES string of the molecule is Cc1onc(-c2c(F)cccc2Cl)c1C(=O)Nc1nnc(-c2ccccn2)s1. The molecule has 0 spiro atoms. The molecule has 3 heterocycles. The van der Waals surface area contributed by atoms with Crippen LogP contribution in [0.15, 0.2) is 47.1 Å². The lowest BCUT2D eigenvalue weighted by molar-refractivity contribution is 0.102. The molecule has 28 heavy (non-hydrogen) atoms. The van der Waals surface area contributed by atoms with Crippen molar-refractivity contribution in [3.05, 3.63) is 64.8 Å². The van der Waals surface area contributed by atoms with E-state index >= 15 is 0 Å². The molecule has 0 aliphatic carbocycles. The van der Waals surface area contributed by atoms with Crippen molar-refractivity contribution < 1.29 is 13.7 Å². The predicted molar refractivity (Wildman–Crippen MR) is 103 cm³/mol. The lowest BCUT2D eigenvalue weighted by atomic mass is 10.1. The number of nitrogens with one attached hydrogen (secondary N) is 1. The minimum Gasteiger partial charge on any atom is -0.360 e. The average Bonchev–Trinajstić information content (AvgIpc) is 3.29. The summed E-state index contributed by atoms with van der Waals surface area (Å²) in [4.78, 5) is 17.0. The molecular weight excluding hydrogens is 405 g/mol. The lowest BCUT2D eigenvalue weighted by Crippen LogP contribution is -2.13. The van der Waals surface area contributed by atoms with E-state index in [0.717, 1.165) is 11.3 Å². The predicted octanol–water partition coefficient (Wildman–Crippen LogP) is 4.61. The lowest BCUT2D eigenvalue weighted by Gasteiger charge is -2.05. The van der Waals surface area contributed by atoms with Gasteiger partial charge in [0.2, 0.25) is 5.13 Å². The van der Waals surface area contributed by atoms with Crippen LogP contribution in [-0.2, 0) is 0 Å². The van der Waals surface area contributed by atoms with Gasteiger partial charge in [0.1, 0.15) is 28.5 Å². The van der Waals surface area contributed by atoms with Gasteiger partial charge in [-0.3, -0.25) is 15.1 Å². The van der Waals surface area contributed by atoms with Gasteiger partial charge in [-0.2, -0.15) is 0 Å². The van der Waals surface area contributed by atoms with Crippen LogP contribution in [-0.4, -0.2) is 26.2 Å². The molecule has 0 aliphatic heterocycles. The largest absolute Gasteiger partial charge is 0.360 e. The average molecular weight is 416 g/mol. The zero-order valence-electron chi connectivity index (χ0n) is 14.3. The Morgan fingerprint density at radius 2 is 2.07 bits per heavy atom. The van der Waals surface area contributed by atoms with Crippen LogP contribution in [0.3, 0.4) is 0 Å². The Hall–Kier alpha value is -3.17. The molecular formula is C18H11ClFN5O2S. The van der Waals surface area contributed by atoms with Crippen LogP contribution in [0.4, 0.5) is 9.52 Å². The highest BCUT2D eigenvalue weighted by Crippen LogP contribution is 2.34. The van der Waals surface area contributed by atoms with Crippen LogP contribution < -0.4 is 5.32 Å². The maximum atomic E-state index is 14.3. The fraction of sp³-hybridized carbons (Fsp3) is 0.0556. The van der Waals surface area contributed by atoms with Crippen molar-refractivity contribution in [2.24, 2.45) is 0 Å². The van der Waals surface area contributed by atoms with Crippen molar-refractivity contribution >= 4 is 34.0 Å². The molecule has 0 saturated heterocycles. The van der Waals surface area contributed by atoms with E-state index in [2.05, 4.69) is 25.7 Å². The van der Waals surface area contributed by atoms with Crippen LogP contribution in [0.5, 0.6) is 0 Å². The fourth-order valence-corrected chi connectivity index (χ4v) is 3.53. The summed E-state index contributed by atoms with van der Waals surface area (Å²) in [5.74, 6) is -0.943. The minimum atomic E-state index is -0.608. The van der Waals surface area contributed by atoms with Gasteiger partial charge < -0.3 is 4.52 Å². The number of pyridine rings is 1. The summed E-state index contributed by atoms with van der Waals surface area (Å²) in [6.45, 7) is 1.56. The Labute approximate surface area is 167 Å². The first kappa shape index (κ1) is 18.2. The number of benzene rings is 1. The summed E-state index contributed by atoms with van der Waals surface area (Å²) >= 11 is 7.26. The van der Waals surface area contributed by atoms with Gasteiger partial charge in [-0.15, -0.1) is 10.2 Å². The van der Waals surface area contributed by atoms with E-state index in [1.165, 1.54) is 18.2 Å². The van der Waals surface area contributed by atoms with Crippen LogP contribution in [0.2, 0.25) is 5.02 Å². The normalized spacial score (nSPS) is 10.8. The first-order chi connectivity index (χ1) is 13.5. The molecule has 0 saturated carbocycles. The van der Waals surface area contributed by atoms with Crippen molar-refractivity contribution in [3.8, 4) is 22.0 Å². The van der Waals surface area contributed by atoms with Crippen molar-refractivity contribution in [2.75, 3.05) is 5.32 Å². The first-order valence-electron chi connectivity index (χ1n) is 8.01. The Morgan fingerprint density at radius 3 is 2.82 bits per heavy atom. The van der Waals surface area contributed by atoms with E-state index < -0.39 is 11.7 Å². The van der Waals surface area contributed by atoms with Crippen LogP contribution in [0, 0.1) is 12.7 Å². The third kappa shape index (κ3) is 3.37. The molecule has 3 aromatic heterocycles. The van der Waals surface area contributed by atoms with Gasteiger partial charge in [0, 0.05) is 6.20 Å². The topological polar surface area (TPSA) is 93.8 Å². The summed E-state index contributed by atoms with van der Waals surface area (Å²) in [7, 11) is 0. The van der Waals surface area contributed by atoms with Gasteiger partial charge >= 0.3 is 0 Å². The number of aromatic nitrogens is 4. The molecule has 0 atom stereocenters. The van der Waals surface area contributed by atoms with E-state index in [1.54, 1.807) is 25.3 Å². The van der Waals surface area contributed by atoms with Crippen molar-refractivity contribution in [3.63, 3.8) is 0 Å². The number of aryl methyl sites for hydroxylation is 1. The van der Waals surface area contributed by atoms with E-state index in [0.29, 0.717) is 10.7 Å². The summed E-state index contributed by atoms with van der Waals surface area (Å²) in [6.07, 6.45) is 1.64. The molecule has 1 aromatic carbocycles. The number of carbonyl (C=O) groups is 1. The van der Waals surface area contributed by atoms with Gasteiger partial charge in [0.25, 0.3) is 5.91 Å². The smallest absolute Gasteiger partial charge is 0.263 e. The molecule has 1 amide bonds. The van der Waals surface area contributed by atoms with Crippen LogP contribution >= 0.6 is 22.9 Å². The maximum absolute atomic E-state index is 14.3. The van der Waals surface area contributed by atoms with Crippen LogP contribution in [0.25, 0.3) is 22.0 Å². The molecule has 4 aromatic rings. The summed E-state index contributed by atoms with van der Waals surface area (Å²) in [5, 5.41) is 15.4. The van der Waals surface area contributed by atoms with Crippen molar-refractivity contribution in [1.29, 1.82) is 0 Å². The summed E-state index contributed by atoms with van der Waals surface area (Å²) in [6, 6.07) is 9.61. The molecule has 0 bridgehead atoms. The number of halogens is 2. The summed E-state index contributed by atoms with van der Waals surface area (Å²) < 4.78 is 19.4. The first-order valence-corrected chi connectivity index (χ1v) is 9.21. The number of anilines is 1. The van der Waals surface area contributed by atoms with Gasteiger partial charge in [-0.05, 0) is 31.2 Å². The Kier molecular flexibility index (Phi) is 4.84. The highest BCUT2D eigenvalue weighted by Gasteiger charge is 2.26. The molecule has 4 rings (SSSR count). The standard InChI is InChI=1S/C18H11ClFN5O2S/c1-9-13(15(25-27-9)14-10(19)5-4-6-11(14)20)16(26)22-18-24-23-17(28-18)12-7-2-3-8-21-12/h2-8H,1H3,(H,22,24,26). The maximum Gasteiger partial charge on any atom is 0.263 e. The monoisotopic (exact) mass is 415 g/mol. The Morgan fingerprint density at radius 1 is 1.21 bits per heavy atom. The third-order valence-corrected chi connectivity index (χ3v) is 4.99. The number of nitrogens with zero attached hydrogens (tertiary/aromatic N) is 4. The quantitative estimate of drug-likeness (QED) is 0.523. The van der Waals surface area contributed by atoms with Gasteiger partial charge in [-0.25, -0.2) is 4.39 Å². The molecule has 7 nitrogen and oxygen atoms in total. The van der Waals surface area contributed by atoms with E-state index in [1.807, 2.05) is 6.07 Å². The highest BCUT2D eigenvalue weighted by atomic mass is 35.5. The van der Waals surface area contributed by atoms with Crippen LogP contribution in [0.1, 0.15) is 16.1 Å². The molecule has 140 valence electrons. The second-order valence-corrected chi connectivity index (χ2v) is 7.03. The molecule has 0 aliphatic rings. The van der Waals surface area contributed by atoms with Gasteiger partial charge in [0.05, 0.1) is 10.6 Å². The number of amides is 1. The summed E-state index contributed by atoms with van der Waals surface area (Å²) in [5.41, 5.74) is 0.729. The Balaban J connectivity index is 1.65. The zero-order valence-corrected chi connectivity index (χ0v) is 15.9. The fourth-order valence-electron chi connectivity index (χ4n) is 2.56. The number of rotatable bonds is 4. The minimum absolute atomic E-state index is 0.00222. The molecule has 0 unspecified atom stereocenters. The molecule has 10 heteroatoms. The Bertz CT molecular complexity index is 1140. The van der Waals surface area contributed by atoms with Crippen molar-refractivity contribution in [2.45, 2.75) is 6.92 Å². The second-order valence-electron chi connectivity index (χ2n) is 5.64. The zero-order chi connectivity index (χ0) is 19.7. The third-order valence-electron chi connectivity index (χ3n) is 3.82. The number of hydrogen-bond donors (Lipinski definition) is 1. The van der Waals surface area contributed by atoms with E-state index in [-0.39, 0.29) is 32.7 Å². The molecule has 0 fully saturated rings. The number of hydrogen-bond acceptors (Lipinski definition) is 7. The van der Waals surface area contributed by atoms with E-state index in [4.69, 9.17) is 16.1 Å². The molecule has 1 N–H and O–H groups in total. The highest BCUT2D eigenvalue weighted by molar-refractivity contribution is 7.18. The van der Waals surface area contributed by atoms with Gasteiger partial charge in [0.15, 0.2) is 5.01 Å². The van der Waals surface area contributed by atoms with Crippen molar-refractivity contribution in [1.82, 2.24) is 20.3 Å². The number of carbonyl (C=O) groups excluding carboxylic acids is 1. The second kappa shape index (κ2) is 7.45. The van der Waals surface area contributed by atoms with E-state index in [9.17, 15) is 9.18 Å².